The Balaban J connectivity index is 2.60. The van der Waals surface area contributed by atoms with Gasteiger partial charge < -0.3 is 0 Å². The molecule has 0 radical (unpaired) electrons. The summed E-state index contributed by atoms with van der Waals surface area (Å²) in [6.45, 7) is 1.94. The van der Waals surface area contributed by atoms with Crippen molar-refractivity contribution in [3.8, 4) is 0 Å². The molecule has 0 atom stereocenters. The average molecular weight is 286 g/mol. The highest BCUT2D eigenvalue weighted by molar-refractivity contribution is 5.99. The zero-order valence-electron chi connectivity index (χ0n) is 11.3. The second-order valence-electron chi connectivity index (χ2n) is 4.73. The third kappa shape index (κ3) is 5.55. The SMILES string of the molecule is CCCCC(=O)CC(=O)Cc1cccc(C(F)(F)F)c1. The Morgan fingerprint density at radius 2 is 1.85 bits per heavy atom. The lowest BCUT2D eigenvalue weighted by Gasteiger charge is -2.08. The van der Waals surface area contributed by atoms with Crippen molar-refractivity contribution in [1.82, 2.24) is 0 Å². The number of rotatable bonds is 7. The van der Waals surface area contributed by atoms with E-state index in [1.165, 1.54) is 12.1 Å². The second kappa shape index (κ2) is 7.22. The van der Waals surface area contributed by atoms with Gasteiger partial charge in [-0.15, -0.1) is 0 Å². The van der Waals surface area contributed by atoms with Crippen LogP contribution in [0.1, 0.15) is 43.7 Å². The van der Waals surface area contributed by atoms with Gasteiger partial charge in [-0.1, -0.05) is 31.5 Å². The summed E-state index contributed by atoms with van der Waals surface area (Å²) in [5, 5.41) is 0. The van der Waals surface area contributed by atoms with Crippen LogP contribution in [0.2, 0.25) is 0 Å². The summed E-state index contributed by atoms with van der Waals surface area (Å²) in [6.07, 6.45) is -2.80. The van der Waals surface area contributed by atoms with Gasteiger partial charge in [0.2, 0.25) is 0 Å². The van der Waals surface area contributed by atoms with Gasteiger partial charge in [0.05, 0.1) is 12.0 Å². The van der Waals surface area contributed by atoms with E-state index in [-0.39, 0.29) is 30.0 Å². The molecule has 0 aliphatic heterocycles. The van der Waals surface area contributed by atoms with Crippen molar-refractivity contribution in [1.29, 1.82) is 0 Å². The molecule has 0 amide bonds. The van der Waals surface area contributed by atoms with Crippen molar-refractivity contribution < 1.29 is 22.8 Å². The van der Waals surface area contributed by atoms with Crippen LogP contribution in [0, 0.1) is 0 Å². The van der Waals surface area contributed by atoms with E-state index in [2.05, 4.69) is 0 Å². The summed E-state index contributed by atoms with van der Waals surface area (Å²) >= 11 is 0. The van der Waals surface area contributed by atoms with Crippen molar-refractivity contribution in [3.63, 3.8) is 0 Å². The number of benzene rings is 1. The van der Waals surface area contributed by atoms with E-state index < -0.39 is 11.7 Å². The lowest BCUT2D eigenvalue weighted by molar-refractivity contribution is -0.137. The molecule has 0 heterocycles. The molecule has 20 heavy (non-hydrogen) atoms. The predicted molar refractivity (Wildman–Crippen MR) is 69.3 cm³/mol. The molecule has 5 heteroatoms. The van der Waals surface area contributed by atoms with Crippen LogP contribution >= 0.6 is 0 Å². The van der Waals surface area contributed by atoms with Gasteiger partial charge >= 0.3 is 6.18 Å². The first-order chi connectivity index (χ1) is 9.32. The minimum atomic E-state index is -4.42. The molecular formula is C15H17F3O2. The third-order valence-electron chi connectivity index (χ3n) is 2.86. The summed E-state index contributed by atoms with van der Waals surface area (Å²) in [5.74, 6) is -0.491. The number of Topliss-reactive ketones (excluding diaryl/α,β-unsaturated/α-hetero) is 2. The number of halogens is 3. The van der Waals surface area contributed by atoms with E-state index in [9.17, 15) is 22.8 Å². The van der Waals surface area contributed by atoms with Crippen LogP contribution in [-0.2, 0) is 22.2 Å². The van der Waals surface area contributed by atoms with Gasteiger partial charge in [0.15, 0.2) is 0 Å². The number of hydrogen-bond acceptors (Lipinski definition) is 2. The van der Waals surface area contributed by atoms with Crippen molar-refractivity contribution in [2.45, 2.75) is 45.2 Å². The Morgan fingerprint density at radius 3 is 2.45 bits per heavy atom. The minimum Gasteiger partial charge on any atom is -0.299 e. The van der Waals surface area contributed by atoms with Crippen LogP contribution in [-0.4, -0.2) is 11.6 Å². The molecule has 1 rings (SSSR count). The molecule has 0 saturated heterocycles. The fourth-order valence-electron chi connectivity index (χ4n) is 1.83. The van der Waals surface area contributed by atoms with E-state index in [1.807, 2.05) is 6.92 Å². The first kappa shape index (κ1) is 16.4. The monoisotopic (exact) mass is 286 g/mol. The third-order valence-corrected chi connectivity index (χ3v) is 2.86. The van der Waals surface area contributed by atoms with Crippen LogP contribution in [0.3, 0.4) is 0 Å². The first-order valence-corrected chi connectivity index (χ1v) is 6.52. The number of hydrogen-bond donors (Lipinski definition) is 0. The van der Waals surface area contributed by atoms with Crippen LogP contribution < -0.4 is 0 Å². The minimum absolute atomic E-state index is 0.137. The number of unbranched alkanes of at least 4 members (excludes halogenated alkanes) is 1. The average Bonchev–Trinajstić information content (AvgIpc) is 2.35. The maximum absolute atomic E-state index is 12.5. The van der Waals surface area contributed by atoms with Crippen molar-refractivity contribution in [3.05, 3.63) is 35.4 Å². The van der Waals surface area contributed by atoms with Crippen LogP contribution in [0.4, 0.5) is 13.2 Å². The predicted octanol–water partition coefficient (Wildman–Crippen LogP) is 3.97. The van der Waals surface area contributed by atoms with Crippen LogP contribution in [0.25, 0.3) is 0 Å². The molecule has 0 unspecified atom stereocenters. The Bertz CT molecular complexity index is 478. The Morgan fingerprint density at radius 1 is 1.15 bits per heavy atom. The summed E-state index contributed by atoms with van der Waals surface area (Å²) in [4.78, 5) is 23.1. The molecule has 1 aromatic carbocycles. The van der Waals surface area contributed by atoms with Crippen LogP contribution in [0.15, 0.2) is 24.3 Å². The highest BCUT2D eigenvalue weighted by Crippen LogP contribution is 2.29. The first-order valence-electron chi connectivity index (χ1n) is 6.52. The molecule has 0 bridgehead atoms. The molecule has 0 N–H and O–H groups in total. The lowest BCUT2D eigenvalue weighted by atomic mass is 10.0. The lowest BCUT2D eigenvalue weighted by Crippen LogP contribution is -2.11. The molecule has 0 saturated carbocycles. The molecule has 2 nitrogen and oxygen atoms in total. The molecule has 0 spiro atoms. The van der Waals surface area contributed by atoms with Gasteiger partial charge in [-0.05, 0) is 18.1 Å². The van der Waals surface area contributed by atoms with Crippen LogP contribution in [0.5, 0.6) is 0 Å². The van der Waals surface area contributed by atoms with Crippen molar-refractivity contribution >= 4 is 11.6 Å². The van der Waals surface area contributed by atoms with Gasteiger partial charge in [-0.2, -0.15) is 13.2 Å². The fraction of sp³-hybridized carbons (Fsp3) is 0.467. The smallest absolute Gasteiger partial charge is 0.299 e. The quantitative estimate of drug-likeness (QED) is 0.711. The summed E-state index contributed by atoms with van der Waals surface area (Å²) in [6, 6.07) is 4.64. The molecule has 0 aliphatic carbocycles. The Hall–Kier alpha value is -1.65. The van der Waals surface area contributed by atoms with Gasteiger partial charge in [-0.3, -0.25) is 9.59 Å². The Kier molecular flexibility index (Phi) is 5.92. The summed E-state index contributed by atoms with van der Waals surface area (Å²) in [7, 11) is 0. The normalized spacial score (nSPS) is 11.4. The van der Waals surface area contributed by atoms with Gasteiger partial charge in [0.25, 0.3) is 0 Å². The second-order valence-corrected chi connectivity index (χ2v) is 4.73. The largest absolute Gasteiger partial charge is 0.416 e. The molecule has 110 valence electrons. The van der Waals surface area contributed by atoms with Gasteiger partial charge in [0.1, 0.15) is 11.6 Å². The molecule has 1 aromatic rings. The maximum Gasteiger partial charge on any atom is 0.416 e. The van der Waals surface area contributed by atoms with E-state index in [0.29, 0.717) is 6.42 Å². The Labute approximate surface area is 116 Å². The summed E-state index contributed by atoms with van der Waals surface area (Å²) in [5.41, 5.74) is -0.492. The summed E-state index contributed by atoms with van der Waals surface area (Å²) < 4.78 is 37.5. The highest BCUT2D eigenvalue weighted by atomic mass is 19.4. The molecular weight excluding hydrogens is 269 g/mol. The fourth-order valence-corrected chi connectivity index (χ4v) is 1.83. The van der Waals surface area contributed by atoms with E-state index >= 15 is 0 Å². The van der Waals surface area contributed by atoms with E-state index in [4.69, 9.17) is 0 Å². The van der Waals surface area contributed by atoms with Crippen molar-refractivity contribution in [2.24, 2.45) is 0 Å². The number of ketones is 2. The number of alkyl halides is 3. The zero-order chi connectivity index (χ0) is 15.2. The molecule has 0 fully saturated rings. The van der Waals surface area contributed by atoms with E-state index in [0.717, 1.165) is 25.0 Å². The highest BCUT2D eigenvalue weighted by Gasteiger charge is 2.30. The number of carbonyl (C=O) groups excluding carboxylic acids is 2. The zero-order valence-corrected chi connectivity index (χ0v) is 11.3. The van der Waals surface area contributed by atoms with E-state index in [1.54, 1.807) is 0 Å². The topological polar surface area (TPSA) is 34.1 Å². The standard InChI is InChI=1S/C15H17F3O2/c1-2-3-7-13(19)10-14(20)9-11-5-4-6-12(8-11)15(16,17)18/h4-6,8H,2-3,7,9-10H2,1H3. The molecule has 0 aliphatic rings. The molecule has 0 aromatic heterocycles. The maximum atomic E-state index is 12.5. The van der Waals surface area contributed by atoms with Gasteiger partial charge in [-0.25, -0.2) is 0 Å². The van der Waals surface area contributed by atoms with Crippen molar-refractivity contribution in [2.75, 3.05) is 0 Å². The number of carbonyl (C=O) groups is 2. The van der Waals surface area contributed by atoms with Gasteiger partial charge in [0, 0.05) is 12.8 Å².